The van der Waals surface area contributed by atoms with Gasteiger partial charge in [0, 0.05) is 18.9 Å². The summed E-state index contributed by atoms with van der Waals surface area (Å²) in [6.45, 7) is 2.26. The average Bonchev–Trinajstić information content (AvgIpc) is 2.69. The van der Waals surface area contributed by atoms with Gasteiger partial charge in [-0.1, -0.05) is 36.8 Å². The van der Waals surface area contributed by atoms with E-state index in [0.717, 1.165) is 5.56 Å². The number of carboxylic acid groups (broad SMARTS) is 1. The zero-order valence-corrected chi connectivity index (χ0v) is 16.0. The van der Waals surface area contributed by atoms with Crippen LogP contribution in [0.5, 0.6) is 0 Å². The Morgan fingerprint density at radius 3 is 2.54 bits per heavy atom. The molecule has 2 amide bonds. The van der Waals surface area contributed by atoms with Crippen LogP contribution in [-0.2, 0) is 20.9 Å². The summed E-state index contributed by atoms with van der Waals surface area (Å²) < 4.78 is 5.09. The second kappa shape index (κ2) is 13.1. The Hall–Kier alpha value is -3.08. The third kappa shape index (κ3) is 10.2. The van der Waals surface area contributed by atoms with Gasteiger partial charge in [-0.25, -0.2) is 9.59 Å². The van der Waals surface area contributed by atoms with Gasteiger partial charge in [0.1, 0.15) is 12.6 Å². The largest absolute Gasteiger partial charge is 0.480 e. The number of carboxylic acids is 1. The molecule has 0 aromatic heterocycles. The number of carbonyl (C=O) groups is 3. The molecule has 2 atom stereocenters. The summed E-state index contributed by atoms with van der Waals surface area (Å²) in [5, 5.41) is 22.9. The van der Waals surface area contributed by atoms with E-state index in [1.807, 2.05) is 36.4 Å². The first-order valence-corrected chi connectivity index (χ1v) is 9.28. The number of amides is 2. The molecule has 0 fully saturated rings. The third-order valence-corrected chi connectivity index (χ3v) is 4.01. The molecule has 8 nitrogen and oxygen atoms in total. The van der Waals surface area contributed by atoms with Crippen LogP contribution in [0.15, 0.2) is 30.3 Å². The number of unbranched alkanes of at least 4 members (excludes halogenated alkanes) is 2. The van der Waals surface area contributed by atoms with Gasteiger partial charge in [0.05, 0.1) is 6.07 Å². The number of nitriles is 1. The summed E-state index contributed by atoms with van der Waals surface area (Å²) in [6.07, 6.45) is 1.75. The van der Waals surface area contributed by atoms with Crippen molar-refractivity contribution in [2.24, 2.45) is 5.92 Å². The molecule has 0 saturated carbocycles. The van der Waals surface area contributed by atoms with Gasteiger partial charge in [-0.05, 0) is 31.7 Å². The van der Waals surface area contributed by atoms with Gasteiger partial charge in [0.2, 0.25) is 5.91 Å². The van der Waals surface area contributed by atoms with Gasteiger partial charge < -0.3 is 20.5 Å². The van der Waals surface area contributed by atoms with E-state index < -0.39 is 24.0 Å². The number of hydrogen-bond donors (Lipinski definition) is 3. The van der Waals surface area contributed by atoms with Crippen molar-refractivity contribution in [2.75, 3.05) is 6.54 Å². The van der Waals surface area contributed by atoms with Crippen molar-refractivity contribution in [1.29, 1.82) is 5.26 Å². The van der Waals surface area contributed by atoms with E-state index in [1.54, 1.807) is 6.92 Å². The minimum absolute atomic E-state index is 0.0760. The topological polar surface area (TPSA) is 129 Å². The van der Waals surface area contributed by atoms with Crippen LogP contribution in [0.4, 0.5) is 4.79 Å². The average molecular weight is 389 g/mol. The highest BCUT2D eigenvalue weighted by Crippen LogP contribution is 2.07. The first kappa shape index (κ1) is 23.0. The molecule has 8 heteroatoms. The van der Waals surface area contributed by atoms with Gasteiger partial charge >= 0.3 is 12.1 Å². The summed E-state index contributed by atoms with van der Waals surface area (Å²) in [5.41, 5.74) is 0.910. The molecule has 28 heavy (non-hydrogen) atoms. The van der Waals surface area contributed by atoms with E-state index in [1.165, 1.54) is 0 Å². The molecule has 1 rings (SSSR count). The Balaban J connectivity index is 2.11. The van der Waals surface area contributed by atoms with Crippen molar-refractivity contribution >= 4 is 18.0 Å². The molecule has 0 aliphatic carbocycles. The van der Waals surface area contributed by atoms with Crippen molar-refractivity contribution in [3.63, 3.8) is 0 Å². The zero-order chi connectivity index (χ0) is 20.8. The summed E-state index contributed by atoms with van der Waals surface area (Å²) in [6, 6.07) is 10.3. The highest BCUT2D eigenvalue weighted by atomic mass is 16.5. The molecule has 1 aromatic rings. The first-order valence-electron chi connectivity index (χ1n) is 9.28. The molecule has 1 aromatic carbocycles. The van der Waals surface area contributed by atoms with E-state index in [2.05, 4.69) is 10.6 Å². The van der Waals surface area contributed by atoms with Crippen molar-refractivity contribution < 1.29 is 24.2 Å². The van der Waals surface area contributed by atoms with Gasteiger partial charge in [0.25, 0.3) is 0 Å². The number of alkyl carbamates (subject to hydrolysis) is 1. The predicted molar refractivity (Wildman–Crippen MR) is 102 cm³/mol. The molecule has 0 saturated heterocycles. The standard InChI is InChI=1S/C20H27N3O5/c1-15(13-21)12-17(19(25)26)23-18(24)10-6-3-7-11-22-20(27)28-14-16-8-4-2-5-9-16/h2,4-5,8-9,15,17H,3,6-7,10-12,14H2,1H3,(H,22,27)(H,23,24)(H,25,26)/t15-,17+/m0/s1. The fourth-order valence-corrected chi connectivity index (χ4v) is 2.45. The van der Waals surface area contributed by atoms with Gasteiger partial charge in [-0.2, -0.15) is 5.26 Å². The monoisotopic (exact) mass is 389 g/mol. The molecule has 3 N–H and O–H groups in total. The van der Waals surface area contributed by atoms with Crippen LogP contribution < -0.4 is 10.6 Å². The number of ether oxygens (including phenoxy) is 1. The molecule has 0 aliphatic heterocycles. The van der Waals surface area contributed by atoms with Gasteiger partial charge in [0.15, 0.2) is 0 Å². The Kier molecular flexibility index (Phi) is 10.8. The van der Waals surface area contributed by atoms with E-state index in [0.29, 0.717) is 25.8 Å². The predicted octanol–water partition coefficient (Wildman–Crippen LogP) is 2.59. The molecule has 0 aliphatic rings. The number of rotatable bonds is 12. The summed E-state index contributed by atoms with van der Waals surface area (Å²) >= 11 is 0. The van der Waals surface area contributed by atoms with E-state index in [9.17, 15) is 14.4 Å². The normalized spacial score (nSPS) is 12.3. The molecule has 152 valence electrons. The Labute approximate surface area is 164 Å². The van der Waals surface area contributed by atoms with Gasteiger partial charge in [-0.15, -0.1) is 0 Å². The minimum atomic E-state index is -1.14. The van der Waals surface area contributed by atoms with Gasteiger partial charge in [-0.3, -0.25) is 4.79 Å². The lowest BCUT2D eigenvalue weighted by molar-refractivity contribution is -0.142. The zero-order valence-electron chi connectivity index (χ0n) is 16.0. The Bertz CT molecular complexity index is 672. The highest BCUT2D eigenvalue weighted by Gasteiger charge is 2.22. The van der Waals surface area contributed by atoms with Crippen LogP contribution in [0.2, 0.25) is 0 Å². The van der Waals surface area contributed by atoms with Crippen LogP contribution in [0.1, 0.15) is 44.6 Å². The number of nitrogens with one attached hydrogen (secondary N) is 2. The second-order valence-electron chi connectivity index (χ2n) is 6.52. The lowest BCUT2D eigenvalue weighted by atomic mass is 10.0. The maximum atomic E-state index is 11.8. The van der Waals surface area contributed by atoms with E-state index in [-0.39, 0.29) is 25.4 Å². The van der Waals surface area contributed by atoms with Crippen molar-refractivity contribution in [1.82, 2.24) is 10.6 Å². The number of nitrogens with zero attached hydrogens (tertiary/aromatic N) is 1. The number of aliphatic carboxylic acids is 1. The second-order valence-corrected chi connectivity index (χ2v) is 6.52. The lowest BCUT2D eigenvalue weighted by Crippen LogP contribution is -2.41. The van der Waals surface area contributed by atoms with Crippen LogP contribution >= 0.6 is 0 Å². The fourth-order valence-electron chi connectivity index (χ4n) is 2.45. The number of carbonyl (C=O) groups excluding carboxylic acids is 2. The minimum Gasteiger partial charge on any atom is -0.480 e. The number of hydrogen-bond acceptors (Lipinski definition) is 5. The lowest BCUT2D eigenvalue weighted by Gasteiger charge is -2.15. The number of benzene rings is 1. The summed E-state index contributed by atoms with van der Waals surface area (Å²) in [4.78, 5) is 34.6. The highest BCUT2D eigenvalue weighted by molar-refractivity contribution is 5.83. The van der Waals surface area contributed by atoms with E-state index in [4.69, 9.17) is 15.1 Å². The molecule has 0 bridgehead atoms. The smallest absolute Gasteiger partial charge is 0.407 e. The van der Waals surface area contributed by atoms with Crippen molar-refractivity contribution in [2.45, 2.75) is 51.7 Å². The maximum absolute atomic E-state index is 11.8. The third-order valence-electron chi connectivity index (χ3n) is 4.01. The molecule has 0 unspecified atom stereocenters. The summed E-state index contributed by atoms with van der Waals surface area (Å²) in [5.74, 6) is -1.95. The molecular formula is C20H27N3O5. The Morgan fingerprint density at radius 1 is 1.18 bits per heavy atom. The van der Waals surface area contributed by atoms with Crippen LogP contribution in [-0.4, -0.2) is 35.7 Å². The molecule has 0 spiro atoms. The Morgan fingerprint density at radius 2 is 1.89 bits per heavy atom. The molecule has 0 radical (unpaired) electrons. The SMILES string of the molecule is C[C@H](C#N)C[C@@H](NC(=O)CCCCCNC(=O)OCc1ccccc1)C(=O)O. The summed E-state index contributed by atoms with van der Waals surface area (Å²) in [7, 11) is 0. The van der Waals surface area contributed by atoms with Crippen LogP contribution in [0, 0.1) is 17.2 Å². The fraction of sp³-hybridized carbons (Fsp3) is 0.500. The molecule has 0 heterocycles. The van der Waals surface area contributed by atoms with Crippen molar-refractivity contribution in [3.05, 3.63) is 35.9 Å². The van der Waals surface area contributed by atoms with E-state index >= 15 is 0 Å². The quantitative estimate of drug-likeness (QED) is 0.471. The van der Waals surface area contributed by atoms with Crippen LogP contribution in [0.3, 0.4) is 0 Å². The maximum Gasteiger partial charge on any atom is 0.407 e. The molecular weight excluding hydrogens is 362 g/mol. The first-order chi connectivity index (χ1) is 13.4. The van der Waals surface area contributed by atoms with Crippen LogP contribution in [0.25, 0.3) is 0 Å². The van der Waals surface area contributed by atoms with Crippen molar-refractivity contribution in [3.8, 4) is 6.07 Å².